The van der Waals surface area contributed by atoms with Crippen molar-refractivity contribution in [3.05, 3.63) is 57.9 Å². The highest BCUT2D eigenvalue weighted by Gasteiger charge is 2.17. The van der Waals surface area contributed by atoms with E-state index in [9.17, 15) is 9.59 Å². The maximum Gasteiger partial charge on any atom is 0.239 e. The Bertz CT molecular complexity index is 1090. The molecule has 0 radical (unpaired) electrons. The van der Waals surface area contributed by atoms with Crippen LogP contribution in [0.3, 0.4) is 0 Å². The second-order valence-corrected chi connectivity index (χ2v) is 10.2. The van der Waals surface area contributed by atoms with Gasteiger partial charge in [-0.2, -0.15) is 0 Å². The molecule has 32 heavy (non-hydrogen) atoms. The molecule has 0 aliphatic heterocycles. The zero-order valence-corrected chi connectivity index (χ0v) is 20.8. The second-order valence-electron chi connectivity index (χ2n) is 7.09. The number of hydrogen-bond donors (Lipinski definition) is 2. The van der Waals surface area contributed by atoms with Crippen LogP contribution in [0.15, 0.2) is 52.7 Å². The molecular formula is C23H23Cl2N3O2S2. The molecule has 3 rings (SSSR count). The smallest absolute Gasteiger partial charge is 0.239 e. The summed E-state index contributed by atoms with van der Waals surface area (Å²) < 4.78 is 0. The summed E-state index contributed by atoms with van der Waals surface area (Å²) >= 11 is 15.0. The van der Waals surface area contributed by atoms with Crippen molar-refractivity contribution >= 4 is 68.9 Å². The first-order valence-corrected chi connectivity index (χ1v) is 12.7. The summed E-state index contributed by atoms with van der Waals surface area (Å²) in [5.41, 5.74) is 2.20. The number of carbonyl (C=O) groups is 2. The van der Waals surface area contributed by atoms with Gasteiger partial charge in [0.25, 0.3) is 0 Å². The number of unbranched alkanes of at least 4 members (excludes halogenated alkanes) is 1. The van der Waals surface area contributed by atoms with Crippen LogP contribution in [0, 0.1) is 0 Å². The fraction of sp³-hybridized carbons (Fsp3) is 0.261. The van der Waals surface area contributed by atoms with E-state index in [2.05, 4.69) is 22.5 Å². The predicted molar refractivity (Wildman–Crippen MR) is 136 cm³/mol. The van der Waals surface area contributed by atoms with Crippen LogP contribution in [0.4, 0.5) is 10.8 Å². The Morgan fingerprint density at radius 2 is 1.88 bits per heavy atom. The third kappa shape index (κ3) is 6.97. The van der Waals surface area contributed by atoms with E-state index in [1.807, 2.05) is 36.6 Å². The fourth-order valence-corrected chi connectivity index (χ4v) is 4.88. The topological polar surface area (TPSA) is 71.1 Å². The number of aromatic nitrogens is 1. The van der Waals surface area contributed by atoms with Crippen LogP contribution >= 0.6 is 46.3 Å². The van der Waals surface area contributed by atoms with Gasteiger partial charge in [0.1, 0.15) is 0 Å². The number of carbonyl (C=O) groups excluding carboxylic acids is 2. The molecule has 3 aromatic rings. The van der Waals surface area contributed by atoms with Gasteiger partial charge in [0.15, 0.2) is 5.13 Å². The maximum absolute atomic E-state index is 12.6. The summed E-state index contributed by atoms with van der Waals surface area (Å²) in [6.45, 7) is 3.89. The zero-order chi connectivity index (χ0) is 23.1. The minimum Gasteiger partial charge on any atom is -0.326 e. The van der Waals surface area contributed by atoms with Crippen molar-refractivity contribution in [3.8, 4) is 11.3 Å². The Morgan fingerprint density at radius 3 is 2.56 bits per heavy atom. The third-order valence-electron chi connectivity index (χ3n) is 4.52. The van der Waals surface area contributed by atoms with E-state index >= 15 is 0 Å². The number of anilines is 2. The molecule has 2 amide bonds. The number of thiazole rings is 1. The highest BCUT2D eigenvalue weighted by atomic mass is 35.5. The van der Waals surface area contributed by atoms with Gasteiger partial charge in [0, 0.05) is 33.0 Å². The van der Waals surface area contributed by atoms with Gasteiger partial charge in [0.2, 0.25) is 11.8 Å². The zero-order valence-electron chi connectivity index (χ0n) is 17.7. The Morgan fingerprint density at radius 1 is 1.12 bits per heavy atom. The van der Waals surface area contributed by atoms with E-state index < -0.39 is 0 Å². The quantitative estimate of drug-likeness (QED) is 0.296. The molecule has 0 fully saturated rings. The molecule has 2 N–H and O–H groups in total. The molecule has 1 atom stereocenters. The van der Waals surface area contributed by atoms with Crippen molar-refractivity contribution in [2.24, 2.45) is 0 Å². The van der Waals surface area contributed by atoms with Crippen LogP contribution in [0.1, 0.15) is 33.1 Å². The fourth-order valence-electron chi connectivity index (χ4n) is 2.79. The number of nitrogens with one attached hydrogen (secondary N) is 2. The molecular weight excluding hydrogens is 485 g/mol. The van der Waals surface area contributed by atoms with Crippen LogP contribution in [-0.4, -0.2) is 22.0 Å². The van der Waals surface area contributed by atoms with Crippen molar-refractivity contribution in [1.82, 2.24) is 4.98 Å². The van der Waals surface area contributed by atoms with Gasteiger partial charge < -0.3 is 10.6 Å². The van der Waals surface area contributed by atoms with Crippen molar-refractivity contribution in [2.45, 2.75) is 43.3 Å². The first-order chi connectivity index (χ1) is 15.4. The van der Waals surface area contributed by atoms with Gasteiger partial charge in [0.05, 0.1) is 16.0 Å². The molecule has 1 unspecified atom stereocenters. The summed E-state index contributed by atoms with van der Waals surface area (Å²) in [6, 6.07) is 12.7. The molecule has 1 aromatic heterocycles. The standard InChI is InChI=1S/C23H23Cl2N3O2S2/c1-3-4-5-21(29)26-16-7-9-17(10-8-16)32-14(2)22(30)28-23-27-20(13-31-23)18-11-6-15(24)12-19(18)25/h6-14H,3-5H2,1-2H3,(H,26,29)(H,27,28,30). The van der Waals surface area contributed by atoms with Crippen LogP contribution in [-0.2, 0) is 9.59 Å². The molecule has 2 aromatic carbocycles. The van der Waals surface area contributed by atoms with Gasteiger partial charge in [-0.05, 0) is 55.8 Å². The normalized spacial score (nSPS) is 11.8. The lowest BCUT2D eigenvalue weighted by atomic mass is 10.2. The summed E-state index contributed by atoms with van der Waals surface area (Å²) in [6.07, 6.45) is 2.38. The van der Waals surface area contributed by atoms with Gasteiger partial charge in [-0.3, -0.25) is 9.59 Å². The summed E-state index contributed by atoms with van der Waals surface area (Å²) in [5.74, 6) is -0.127. The van der Waals surface area contributed by atoms with Crippen LogP contribution in [0.25, 0.3) is 11.3 Å². The van der Waals surface area contributed by atoms with Crippen molar-refractivity contribution in [3.63, 3.8) is 0 Å². The van der Waals surface area contributed by atoms with Crippen molar-refractivity contribution in [1.29, 1.82) is 0 Å². The number of benzene rings is 2. The van der Waals surface area contributed by atoms with Crippen molar-refractivity contribution in [2.75, 3.05) is 10.6 Å². The van der Waals surface area contributed by atoms with Crippen LogP contribution in [0.2, 0.25) is 10.0 Å². The van der Waals surface area contributed by atoms with E-state index in [0.29, 0.717) is 27.3 Å². The molecule has 0 aliphatic carbocycles. The Kier molecular flexibility index (Phi) is 8.99. The van der Waals surface area contributed by atoms with Gasteiger partial charge >= 0.3 is 0 Å². The summed E-state index contributed by atoms with van der Waals surface area (Å²) in [4.78, 5) is 29.9. The third-order valence-corrected chi connectivity index (χ3v) is 6.94. The molecule has 1 heterocycles. The molecule has 0 bridgehead atoms. The lowest BCUT2D eigenvalue weighted by Crippen LogP contribution is -2.22. The average Bonchev–Trinajstić information content (AvgIpc) is 3.21. The number of rotatable bonds is 9. The number of halogens is 2. The average molecular weight is 508 g/mol. The highest BCUT2D eigenvalue weighted by molar-refractivity contribution is 8.00. The van der Waals surface area contributed by atoms with E-state index in [4.69, 9.17) is 23.2 Å². The van der Waals surface area contributed by atoms with E-state index in [1.54, 1.807) is 18.2 Å². The molecule has 5 nitrogen and oxygen atoms in total. The van der Waals surface area contributed by atoms with Crippen LogP contribution < -0.4 is 10.6 Å². The molecule has 0 saturated heterocycles. The second kappa shape index (κ2) is 11.7. The molecule has 0 spiro atoms. The first kappa shape index (κ1) is 24.6. The Balaban J connectivity index is 1.55. The van der Waals surface area contributed by atoms with Crippen molar-refractivity contribution < 1.29 is 9.59 Å². The Labute approximate surface area is 205 Å². The minimum atomic E-state index is -0.327. The maximum atomic E-state index is 12.6. The van der Waals surface area contributed by atoms with E-state index in [-0.39, 0.29) is 17.1 Å². The summed E-state index contributed by atoms with van der Waals surface area (Å²) in [5, 5.41) is 8.83. The van der Waals surface area contributed by atoms with Crippen LogP contribution in [0.5, 0.6) is 0 Å². The SMILES string of the molecule is CCCCC(=O)Nc1ccc(SC(C)C(=O)Nc2nc(-c3ccc(Cl)cc3Cl)cs2)cc1. The number of amides is 2. The molecule has 0 aliphatic rings. The lowest BCUT2D eigenvalue weighted by Gasteiger charge is -2.11. The largest absolute Gasteiger partial charge is 0.326 e. The van der Waals surface area contributed by atoms with E-state index in [1.165, 1.54) is 23.1 Å². The lowest BCUT2D eigenvalue weighted by molar-refractivity contribution is -0.116. The minimum absolute atomic E-state index is 0.0164. The number of nitrogens with zero attached hydrogens (tertiary/aromatic N) is 1. The van der Waals surface area contributed by atoms with Gasteiger partial charge in [-0.1, -0.05) is 36.5 Å². The molecule has 0 saturated carbocycles. The summed E-state index contributed by atoms with van der Waals surface area (Å²) in [7, 11) is 0. The van der Waals surface area contributed by atoms with Gasteiger partial charge in [-0.25, -0.2) is 4.98 Å². The highest BCUT2D eigenvalue weighted by Crippen LogP contribution is 2.33. The Hall–Kier alpha value is -2.06. The van der Waals surface area contributed by atoms with E-state index in [0.717, 1.165) is 29.0 Å². The first-order valence-electron chi connectivity index (χ1n) is 10.1. The molecule has 9 heteroatoms. The number of hydrogen-bond acceptors (Lipinski definition) is 5. The molecule has 168 valence electrons. The predicted octanol–water partition coefficient (Wildman–Crippen LogP) is 7.36. The van der Waals surface area contributed by atoms with Gasteiger partial charge in [-0.15, -0.1) is 23.1 Å². The monoisotopic (exact) mass is 507 g/mol. The number of thioether (sulfide) groups is 1.